The van der Waals surface area contributed by atoms with Crippen LogP contribution in [0.25, 0.3) is 5.69 Å². The fraction of sp³-hybridized carbons (Fsp3) is 0.444. The summed E-state index contributed by atoms with van der Waals surface area (Å²) >= 11 is 6.32. The van der Waals surface area contributed by atoms with Crippen LogP contribution in [0.2, 0.25) is 5.02 Å². The number of hydrogen-bond acceptors (Lipinski definition) is 5. The minimum atomic E-state index is -0.658. The molecule has 7 nitrogen and oxygen atoms in total. The molecular weight excluding hydrogens is 502 g/mol. The van der Waals surface area contributed by atoms with Gasteiger partial charge < -0.3 is 9.47 Å². The lowest BCUT2D eigenvalue weighted by Crippen LogP contribution is -2.35. The van der Waals surface area contributed by atoms with Crippen molar-refractivity contribution >= 4 is 17.7 Å². The third kappa shape index (κ3) is 5.71. The molecule has 1 aliphatic carbocycles. The third-order valence-corrected chi connectivity index (χ3v) is 6.80. The molecule has 0 N–H and O–H groups in total. The van der Waals surface area contributed by atoms with E-state index in [2.05, 4.69) is 10.2 Å². The van der Waals surface area contributed by atoms with Crippen molar-refractivity contribution in [2.24, 2.45) is 0 Å². The van der Waals surface area contributed by atoms with Gasteiger partial charge in [0, 0.05) is 29.1 Å². The van der Waals surface area contributed by atoms with Crippen LogP contribution >= 0.6 is 11.6 Å². The molecule has 10 heteroatoms. The number of amides is 1. The highest BCUT2D eigenvalue weighted by Crippen LogP contribution is 2.37. The summed E-state index contributed by atoms with van der Waals surface area (Å²) in [5, 5.41) is 9.59. The molecule has 1 amide bonds. The lowest BCUT2D eigenvalue weighted by Gasteiger charge is -2.29. The second kappa shape index (κ2) is 9.93. The van der Waals surface area contributed by atoms with Gasteiger partial charge in [-0.1, -0.05) is 11.6 Å². The fourth-order valence-corrected chi connectivity index (χ4v) is 5.17. The van der Waals surface area contributed by atoms with E-state index in [-0.39, 0.29) is 24.3 Å². The van der Waals surface area contributed by atoms with E-state index in [0.29, 0.717) is 30.2 Å². The molecule has 5 rings (SSSR count). The Bertz CT molecular complexity index is 1300. The molecule has 2 heterocycles. The van der Waals surface area contributed by atoms with Crippen LogP contribution in [0.15, 0.2) is 36.4 Å². The first-order valence-electron chi connectivity index (χ1n) is 12.4. The average Bonchev–Trinajstić information content (AvgIpc) is 3.13. The van der Waals surface area contributed by atoms with Crippen LogP contribution in [0.3, 0.4) is 0 Å². The first-order chi connectivity index (χ1) is 17.6. The molecule has 1 aliphatic heterocycles. The molecule has 1 fully saturated rings. The van der Waals surface area contributed by atoms with Gasteiger partial charge in [-0.25, -0.2) is 13.6 Å². The number of ether oxygens (including phenoxy) is 2. The summed E-state index contributed by atoms with van der Waals surface area (Å²) in [6.45, 7) is 6.08. The zero-order chi connectivity index (χ0) is 26.3. The number of nitrogens with zero attached hydrogens (tertiary/aromatic N) is 4. The first-order valence-corrected chi connectivity index (χ1v) is 12.8. The number of benzene rings is 2. The minimum absolute atomic E-state index is 0.113. The first kappa shape index (κ1) is 25.4. The number of rotatable bonds is 3. The van der Waals surface area contributed by atoms with Gasteiger partial charge in [0.2, 0.25) is 0 Å². The van der Waals surface area contributed by atoms with Gasteiger partial charge in [-0.05, 0) is 70.2 Å². The Hall–Kier alpha value is -3.20. The second-order valence-corrected chi connectivity index (χ2v) is 11.1. The van der Waals surface area contributed by atoms with Crippen molar-refractivity contribution < 1.29 is 23.0 Å². The number of fused-ring (bicyclic) bond motifs is 3. The maximum atomic E-state index is 13.5. The largest absolute Gasteiger partial charge is 0.490 e. The minimum Gasteiger partial charge on any atom is -0.490 e. The molecule has 196 valence electrons. The Labute approximate surface area is 219 Å². The molecule has 0 unspecified atom stereocenters. The van der Waals surface area contributed by atoms with E-state index in [4.69, 9.17) is 21.1 Å². The molecule has 1 aromatic heterocycles. The summed E-state index contributed by atoms with van der Waals surface area (Å²) in [5.41, 5.74) is 1.14. The van der Waals surface area contributed by atoms with Gasteiger partial charge in [0.15, 0.2) is 5.82 Å². The highest BCUT2D eigenvalue weighted by molar-refractivity contribution is 6.30. The average molecular weight is 531 g/mol. The smallest absolute Gasteiger partial charge is 0.411 e. The van der Waals surface area contributed by atoms with E-state index in [9.17, 15) is 13.6 Å². The van der Waals surface area contributed by atoms with Gasteiger partial charge in [-0.2, -0.15) is 0 Å². The predicted octanol–water partition coefficient (Wildman–Crippen LogP) is 6.55. The van der Waals surface area contributed by atoms with Gasteiger partial charge in [0.1, 0.15) is 28.8 Å². The van der Waals surface area contributed by atoms with Crippen LogP contribution in [-0.2, 0) is 17.8 Å². The molecule has 0 spiro atoms. The van der Waals surface area contributed by atoms with E-state index in [1.54, 1.807) is 4.90 Å². The fourth-order valence-electron chi connectivity index (χ4n) is 4.97. The predicted molar refractivity (Wildman–Crippen MR) is 134 cm³/mol. The third-order valence-electron chi connectivity index (χ3n) is 6.56. The summed E-state index contributed by atoms with van der Waals surface area (Å²) in [7, 11) is 0. The second-order valence-electron chi connectivity index (χ2n) is 10.6. The van der Waals surface area contributed by atoms with E-state index < -0.39 is 23.3 Å². The van der Waals surface area contributed by atoms with E-state index in [1.807, 2.05) is 43.5 Å². The van der Waals surface area contributed by atoms with Crippen molar-refractivity contribution in [3.8, 4) is 11.4 Å². The molecule has 3 aromatic rings. The summed E-state index contributed by atoms with van der Waals surface area (Å²) in [5.74, 6) is 0.464. The Balaban J connectivity index is 1.38. The maximum Gasteiger partial charge on any atom is 0.411 e. The highest BCUT2D eigenvalue weighted by Gasteiger charge is 2.33. The Kier molecular flexibility index (Phi) is 6.83. The van der Waals surface area contributed by atoms with Gasteiger partial charge in [0.25, 0.3) is 0 Å². The van der Waals surface area contributed by atoms with Crippen molar-refractivity contribution in [2.75, 3.05) is 0 Å². The van der Waals surface area contributed by atoms with Crippen molar-refractivity contribution in [1.29, 1.82) is 0 Å². The summed E-state index contributed by atoms with van der Waals surface area (Å²) < 4.78 is 40.6. The maximum absolute atomic E-state index is 13.5. The lowest BCUT2D eigenvalue weighted by atomic mass is 9.86. The summed E-state index contributed by atoms with van der Waals surface area (Å²) in [6, 6.07) is 8.84. The monoisotopic (exact) mass is 530 g/mol. The standard InChI is InChI=1S/C27H29ClF2N4O3/c1-27(2,3)37-26(35)33-14-17-10-18(28)6-9-23(17)34-24(15-33)31-32-25(34)16-4-7-21(8-5-16)36-22-12-19(29)11-20(30)13-22/h6,9-13,16,21H,4-5,7-8,14-15H2,1-3H3. The SMILES string of the molecule is CC(C)(C)OC(=O)N1Cc2cc(Cl)ccc2-n2c(nnc2C2CCC(Oc3cc(F)cc(F)c3)CC2)C1. The molecule has 37 heavy (non-hydrogen) atoms. The number of halogens is 3. The van der Waals surface area contributed by atoms with Crippen molar-refractivity contribution in [1.82, 2.24) is 19.7 Å². The van der Waals surface area contributed by atoms with Gasteiger partial charge in [-0.15, -0.1) is 10.2 Å². The lowest BCUT2D eigenvalue weighted by molar-refractivity contribution is 0.0214. The number of aromatic nitrogens is 3. The van der Waals surface area contributed by atoms with Crippen LogP contribution in [0.1, 0.15) is 69.6 Å². The topological polar surface area (TPSA) is 69.5 Å². The Morgan fingerprint density at radius 1 is 1.00 bits per heavy atom. The zero-order valence-corrected chi connectivity index (χ0v) is 21.8. The van der Waals surface area contributed by atoms with Crippen molar-refractivity contribution in [3.05, 3.63) is 70.3 Å². The van der Waals surface area contributed by atoms with Crippen LogP contribution in [0.4, 0.5) is 13.6 Å². The van der Waals surface area contributed by atoms with Gasteiger partial charge in [0.05, 0.1) is 24.9 Å². The zero-order valence-electron chi connectivity index (χ0n) is 21.0. The normalized spacial score (nSPS) is 19.6. The van der Waals surface area contributed by atoms with Crippen LogP contribution in [0, 0.1) is 11.6 Å². The number of hydrogen-bond donors (Lipinski definition) is 0. The summed E-state index contributed by atoms with van der Waals surface area (Å²) in [4.78, 5) is 14.6. The van der Waals surface area contributed by atoms with Crippen LogP contribution in [0.5, 0.6) is 5.75 Å². The molecule has 1 saturated carbocycles. The van der Waals surface area contributed by atoms with Crippen molar-refractivity contribution in [3.63, 3.8) is 0 Å². The quantitative estimate of drug-likeness (QED) is 0.384. The van der Waals surface area contributed by atoms with Crippen LogP contribution < -0.4 is 4.74 Å². The molecule has 0 atom stereocenters. The van der Waals surface area contributed by atoms with Crippen LogP contribution in [-0.4, -0.2) is 37.5 Å². The van der Waals surface area contributed by atoms with Gasteiger partial charge >= 0.3 is 6.09 Å². The van der Waals surface area contributed by atoms with Gasteiger partial charge in [-0.3, -0.25) is 9.47 Å². The van der Waals surface area contributed by atoms with E-state index >= 15 is 0 Å². The molecule has 2 aliphatic rings. The Morgan fingerprint density at radius 3 is 2.38 bits per heavy atom. The number of carbonyl (C=O) groups excluding carboxylic acids is 1. The van der Waals surface area contributed by atoms with Crippen molar-refractivity contribution in [2.45, 2.75) is 77.2 Å². The Morgan fingerprint density at radius 2 is 1.70 bits per heavy atom. The highest BCUT2D eigenvalue weighted by atomic mass is 35.5. The molecule has 2 aromatic carbocycles. The molecular formula is C27H29ClF2N4O3. The molecule has 0 bridgehead atoms. The summed E-state index contributed by atoms with van der Waals surface area (Å²) in [6.07, 6.45) is 2.41. The number of carbonyl (C=O) groups is 1. The van der Waals surface area contributed by atoms with E-state index in [1.165, 1.54) is 12.1 Å². The van der Waals surface area contributed by atoms with E-state index in [0.717, 1.165) is 36.0 Å². The molecule has 0 saturated heterocycles. The molecule has 0 radical (unpaired) electrons.